The van der Waals surface area contributed by atoms with Crippen LogP contribution in [0, 0.1) is 6.92 Å². The van der Waals surface area contributed by atoms with Crippen LogP contribution < -0.4 is 14.8 Å². The molecular formula is C18H20ClNO3. The summed E-state index contributed by atoms with van der Waals surface area (Å²) in [7, 11) is 0. The van der Waals surface area contributed by atoms with Gasteiger partial charge in [0.05, 0.1) is 6.04 Å². The number of amides is 1. The number of rotatable bonds is 7. The fourth-order valence-electron chi connectivity index (χ4n) is 2.00. The lowest BCUT2D eigenvalue weighted by molar-refractivity contribution is -0.123. The summed E-state index contributed by atoms with van der Waals surface area (Å²) >= 11 is 5.86. The molecule has 122 valence electrons. The van der Waals surface area contributed by atoms with Crippen molar-refractivity contribution in [3.05, 3.63) is 59.1 Å². The highest BCUT2D eigenvalue weighted by atomic mass is 35.5. The van der Waals surface area contributed by atoms with Crippen LogP contribution in [-0.2, 0) is 4.79 Å². The number of para-hydroxylation sites is 1. The summed E-state index contributed by atoms with van der Waals surface area (Å²) in [5.74, 6) is 1.19. The molecule has 0 saturated heterocycles. The Balaban J connectivity index is 1.73. The van der Waals surface area contributed by atoms with Crippen molar-refractivity contribution in [1.29, 1.82) is 0 Å². The van der Waals surface area contributed by atoms with Gasteiger partial charge in [0.15, 0.2) is 6.61 Å². The quantitative estimate of drug-likeness (QED) is 0.842. The Kier molecular flexibility index (Phi) is 6.29. The number of halogens is 1. The monoisotopic (exact) mass is 333 g/mol. The molecule has 1 atom stereocenters. The number of carbonyl (C=O) groups excluding carboxylic acids is 1. The SMILES string of the molecule is Cc1ccccc1OC[C@H](C)NC(=O)COc1cccc(Cl)c1. The number of hydrogen-bond acceptors (Lipinski definition) is 3. The lowest BCUT2D eigenvalue weighted by atomic mass is 10.2. The van der Waals surface area contributed by atoms with Gasteiger partial charge in [0.25, 0.3) is 5.91 Å². The first-order valence-electron chi connectivity index (χ1n) is 7.41. The smallest absolute Gasteiger partial charge is 0.258 e. The summed E-state index contributed by atoms with van der Waals surface area (Å²) in [5.41, 5.74) is 1.07. The van der Waals surface area contributed by atoms with Gasteiger partial charge in [-0.1, -0.05) is 35.9 Å². The second kappa shape index (κ2) is 8.44. The fourth-order valence-corrected chi connectivity index (χ4v) is 2.18. The Morgan fingerprint density at radius 1 is 1.17 bits per heavy atom. The van der Waals surface area contributed by atoms with Gasteiger partial charge in [0.2, 0.25) is 0 Å². The predicted octanol–water partition coefficient (Wildman–Crippen LogP) is 3.61. The van der Waals surface area contributed by atoms with Crippen molar-refractivity contribution >= 4 is 17.5 Å². The summed E-state index contributed by atoms with van der Waals surface area (Å²) < 4.78 is 11.1. The van der Waals surface area contributed by atoms with E-state index in [-0.39, 0.29) is 18.6 Å². The molecule has 0 aromatic heterocycles. The molecule has 0 bridgehead atoms. The van der Waals surface area contributed by atoms with E-state index in [0.29, 0.717) is 17.4 Å². The topological polar surface area (TPSA) is 47.6 Å². The molecule has 0 fully saturated rings. The van der Waals surface area contributed by atoms with Gasteiger partial charge in [-0.25, -0.2) is 0 Å². The highest BCUT2D eigenvalue weighted by Gasteiger charge is 2.09. The Hall–Kier alpha value is -2.20. The Labute approximate surface area is 141 Å². The first-order chi connectivity index (χ1) is 11.0. The highest BCUT2D eigenvalue weighted by Crippen LogP contribution is 2.17. The van der Waals surface area contributed by atoms with E-state index in [2.05, 4.69) is 5.32 Å². The Bertz CT molecular complexity index is 660. The first-order valence-corrected chi connectivity index (χ1v) is 7.78. The highest BCUT2D eigenvalue weighted by molar-refractivity contribution is 6.30. The molecule has 0 aliphatic carbocycles. The summed E-state index contributed by atoms with van der Waals surface area (Å²) in [5, 5.41) is 3.40. The van der Waals surface area contributed by atoms with E-state index in [1.165, 1.54) is 0 Å². The van der Waals surface area contributed by atoms with Crippen molar-refractivity contribution in [3.63, 3.8) is 0 Å². The molecule has 5 heteroatoms. The maximum absolute atomic E-state index is 11.9. The molecule has 0 aliphatic heterocycles. The molecule has 2 rings (SSSR count). The van der Waals surface area contributed by atoms with Crippen molar-refractivity contribution < 1.29 is 14.3 Å². The zero-order valence-corrected chi connectivity index (χ0v) is 14.0. The third kappa shape index (κ3) is 5.83. The van der Waals surface area contributed by atoms with Crippen LogP contribution in [0.1, 0.15) is 12.5 Å². The lowest BCUT2D eigenvalue weighted by Gasteiger charge is -2.16. The molecule has 2 aromatic rings. The summed E-state index contributed by atoms with van der Waals surface area (Å²) in [6.07, 6.45) is 0. The van der Waals surface area contributed by atoms with Gasteiger partial charge in [0.1, 0.15) is 18.1 Å². The molecule has 0 spiro atoms. The molecule has 0 heterocycles. The van der Waals surface area contributed by atoms with E-state index in [1.54, 1.807) is 24.3 Å². The average molecular weight is 334 g/mol. The molecule has 4 nitrogen and oxygen atoms in total. The molecular weight excluding hydrogens is 314 g/mol. The summed E-state index contributed by atoms with van der Waals surface area (Å²) in [6, 6.07) is 14.6. The van der Waals surface area contributed by atoms with E-state index in [1.807, 2.05) is 38.1 Å². The number of aryl methyl sites for hydroxylation is 1. The predicted molar refractivity (Wildman–Crippen MR) is 91.2 cm³/mol. The Morgan fingerprint density at radius 2 is 1.96 bits per heavy atom. The van der Waals surface area contributed by atoms with Crippen molar-refractivity contribution in [2.45, 2.75) is 19.9 Å². The van der Waals surface area contributed by atoms with Crippen LogP contribution in [0.5, 0.6) is 11.5 Å². The van der Waals surface area contributed by atoms with Crippen molar-refractivity contribution in [3.8, 4) is 11.5 Å². The Morgan fingerprint density at radius 3 is 2.70 bits per heavy atom. The number of nitrogens with one attached hydrogen (secondary N) is 1. The van der Waals surface area contributed by atoms with E-state index < -0.39 is 0 Å². The third-order valence-corrected chi connectivity index (χ3v) is 3.39. The van der Waals surface area contributed by atoms with Crippen LogP contribution in [0.4, 0.5) is 0 Å². The number of ether oxygens (including phenoxy) is 2. The van der Waals surface area contributed by atoms with Gasteiger partial charge in [-0.15, -0.1) is 0 Å². The van der Waals surface area contributed by atoms with Gasteiger partial charge >= 0.3 is 0 Å². The molecule has 1 amide bonds. The second-order valence-corrected chi connectivity index (χ2v) is 5.73. The van der Waals surface area contributed by atoms with Crippen molar-refractivity contribution in [2.75, 3.05) is 13.2 Å². The molecule has 0 radical (unpaired) electrons. The summed E-state index contributed by atoms with van der Waals surface area (Å²) in [6.45, 7) is 4.20. The standard InChI is InChI=1S/C18H20ClNO3/c1-13-6-3-4-9-17(13)23-11-14(2)20-18(21)12-22-16-8-5-7-15(19)10-16/h3-10,14H,11-12H2,1-2H3,(H,20,21)/t14-/m0/s1. The lowest BCUT2D eigenvalue weighted by Crippen LogP contribution is -2.39. The molecule has 0 unspecified atom stereocenters. The maximum atomic E-state index is 11.9. The first kappa shape index (κ1) is 17.2. The zero-order chi connectivity index (χ0) is 16.7. The van der Waals surface area contributed by atoms with Crippen molar-refractivity contribution in [1.82, 2.24) is 5.32 Å². The third-order valence-electron chi connectivity index (χ3n) is 3.16. The van der Waals surface area contributed by atoms with E-state index >= 15 is 0 Å². The number of benzene rings is 2. The zero-order valence-electron chi connectivity index (χ0n) is 13.2. The molecule has 1 N–H and O–H groups in total. The van der Waals surface area contributed by atoms with Crippen LogP contribution in [0.2, 0.25) is 5.02 Å². The fraction of sp³-hybridized carbons (Fsp3) is 0.278. The summed E-state index contributed by atoms with van der Waals surface area (Å²) in [4.78, 5) is 11.9. The van der Waals surface area contributed by atoms with Crippen molar-refractivity contribution in [2.24, 2.45) is 0 Å². The van der Waals surface area contributed by atoms with E-state index in [9.17, 15) is 4.79 Å². The normalized spacial score (nSPS) is 11.6. The van der Waals surface area contributed by atoms with E-state index in [4.69, 9.17) is 21.1 Å². The van der Waals surface area contributed by atoms with Crippen LogP contribution in [-0.4, -0.2) is 25.2 Å². The van der Waals surface area contributed by atoms with Crippen LogP contribution in [0.3, 0.4) is 0 Å². The largest absolute Gasteiger partial charge is 0.491 e. The van der Waals surface area contributed by atoms with Crippen LogP contribution in [0.25, 0.3) is 0 Å². The van der Waals surface area contributed by atoms with Gasteiger partial charge in [-0.3, -0.25) is 4.79 Å². The van der Waals surface area contributed by atoms with E-state index in [0.717, 1.165) is 11.3 Å². The minimum Gasteiger partial charge on any atom is -0.491 e. The molecule has 2 aromatic carbocycles. The maximum Gasteiger partial charge on any atom is 0.258 e. The number of hydrogen-bond donors (Lipinski definition) is 1. The second-order valence-electron chi connectivity index (χ2n) is 5.29. The molecule has 0 aliphatic rings. The molecule has 0 saturated carbocycles. The van der Waals surface area contributed by atoms with Gasteiger partial charge in [-0.2, -0.15) is 0 Å². The van der Waals surface area contributed by atoms with Gasteiger partial charge in [0, 0.05) is 5.02 Å². The average Bonchev–Trinajstić information content (AvgIpc) is 2.52. The van der Waals surface area contributed by atoms with Crippen LogP contribution >= 0.6 is 11.6 Å². The van der Waals surface area contributed by atoms with Gasteiger partial charge in [-0.05, 0) is 43.7 Å². The van der Waals surface area contributed by atoms with Crippen LogP contribution in [0.15, 0.2) is 48.5 Å². The number of carbonyl (C=O) groups is 1. The minimum atomic E-state index is -0.203. The molecule has 23 heavy (non-hydrogen) atoms. The van der Waals surface area contributed by atoms with Gasteiger partial charge < -0.3 is 14.8 Å². The minimum absolute atomic E-state index is 0.0605.